The van der Waals surface area contributed by atoms with E-state index in [4.69, 9.17) is 4.74 Å². The van der Waals surface area contributed by atoms with Gasteiger partial charge < -0.3 is 14.5 Å². The molecule has 0 radical (unpaired) electrons. The van der Waals surface area contributed by atoms with E-state index in [1.165, 1.54) is 31.4 Å². The molecule has 0 saturated carbocycles. The number of alkyl halides is 3. The van der Waals surface area contributed by atoms with Gasteiger partial charge in [-0.15, -0.1) is 0 Å². The van der Waals surface area contributed by atoms with Gasteiger partial charge in [0.05, 0.1) is 12.7 Å². The number of anilines is 1. The predicted octanol–water partition coefficient (Wildman–Crippen LogP) is 2.97. The minimum atomic E-state index is -4.42. The lowest BCUT2D eigenvalue weighted by Gasteiger charge is -2.36. The summed E-state index contributed by atoms with van der Waals surface area (Å²) in [6, 6.07) is 9.28. The van der Waals surface area contributed by atoms with Crippen LogP contribution in [0.2, 0.25) is 0 Å². The van der Waals surface area contributed by atoms with Gasteiger partial charge in [0.25, 0.3) is 5.91 Å². The Kier molecular flexibility index (Phi) is 6.99. The monoisotopic (exact) mass is 471 g/mol. The van der Waals surface area contributed by atoms with E-state index >= 15 is 0 Å². The summed E-state index contributed by atoms with van der Waals surface area (Å²) in [5, 5.41) is 0. The van der Waals surface area contributed by atoms with Crippen LogP contribution in [0.5, 0.6) is 5.75 Å². The van der Waals surface area contributed by atoms with E-state index in [2.05, 4.69) is 4.72 Å². The lowest BCUT2D eigenvalue weighted by molar-refractivity contribution is -0.137. The van der Waals surface area contributed by atoms with Gasteiger partial charge in [0.2, 0.25) is 10.0 Å². The van der Waals surface area contributed by atoms with Gasteiger partial charge in [-0.3, -0.25) is 4.79 Å². The van der Waals surface area contributed by atoms with Crippen molar-refractivity contribution in [3.8, 4) is 5.75 Å². The third-order valence-corrected chi connectivity index (χ3v) is 6.71. The molecule has 0 aliphatic carbocycles. The minimum Gasteiger partial charge on any atom is -0.495 e. The largest absolute Gasteiger partial charge is 0.495 e. The smallest absolute Gasteiger partial charge is 0.416 e. The Balaban J connectivity index is 1.75. The van der Waals surface area contributed by atoms with Gasteiger partial charge in [0, 0.05) is 44.0 Å². The van der Waals surface area contributed by atoms with Crippen molar-refractivity contribution >= 4 is 21.6 Å². The highest BCUT2D eigenvalue weighted by molar-refractivity contribution is 7.89. The van der Waals surface area contributed by atoms with Crippen LogP contribution < -0.4 is 14.4 Å². The van der Waals surface area contributed by atoms with Crippen molar-refractivity contribution in [3.63, 3.8) is 0 Å². The fourth-order valence-electron chi connectivity index (χ4n) is 3.52. The Bertz CT molecular complexity index is 1080. The van der Waals surface area contributed by atoms with Gasteiger partial charge in [-0.25, -0.2) is 13.1 Å². The molecule has 0 unspecified atom stereocenters. The molecule has 3 rings (SSSR count). The SMILES string of the molecule is CCNS(=O)(=O)c1cc(C(=O)N2CCN(c3cccc(C(F)(F)F)c3)CC2)ccc1OC. The summed E-state index contributed by atoms with van der Waals surface area (Å²) >= 11 is 0. The van der Waals surface area contributed by atoms with Crippen LogP contribution in [-0.4, -0.2) is 59.1 Å². The van der Waals surface area contributed by atoms with Gasteiger partial charge in [-0.1, -0.05) is 13.0 Å². The van der Waals surface area contributed by atoms with E-state index in [9.17, 15) is 26.4 Å². The summed E-state index contributed by atoms with van der Waals surface area (Å²) in [4.78, 5) is 16.2. The molecule has 32 heavy (non-hydrogen) atoms. The minimum absolute atomic E-state index is 0.122. The molecule has 0 spiro atoms. The molecule has 1 heterocycles. The summed E-state index contributed by atoms with van der Waals surface area (Å²) < 4.78 is 71.4. The number of amides is 1. The van der Waals surface area contributed by atoms with E-state index in [1.807, 2.05) is 0 Å². The van der Waals surface area contributed by atoms with Crippen LogP contribution in [0.4, 0.5) is 18.9 Å². The maximum Gasteiger partial charge on any atom is 0.416 e. The van der Waals surface area contributed by atoms with E-state index in [0.29, 0.717) is 18.8 Å². The van der Waals surface area contributed by atoms with Gasteiger partial charge in [-0.2, -0.15) is 13.2 Å². The summed E-state index contributed by atoms with van der Waals surface area (Å²) in [7, 11) is -2.50. The molecule has 1 aliphatic rings. The molecule has 0 atom stereocenters. The second-order valence-corrected chi connectivity index (χ2v) is 8.93. The first-order valence-electron chi connectivity index (χ1n) is 9.96. The number of nitrogens with one attached hydrogen (secondary N) is 1. The summed E-state index contributed by atoms with van der Waals surface area (Å²) in [5.41, 5.74) is -0.0913. The first-order valence-corrected chi connectivity index (χ1v) is 11.4. The maximum atomic E-state index is 13.0. The van der Waals surface area contributed by atoms with Gasteiger partial charge in [-0.05, 0) is 36.4 Å². The van der Waals surface area contributed by atoms with Crippen LogP contribution in [0, 0.1) is 0 Å². The fourth-order valence-corrected chi connectivity index (χ4v) is 4.75. The third kappa shape index (κ3) is 5.16. The highest BCUT2D eigenvalue weighted by Gasteiger charge is 2.31. The quantitative estimate of drug-likeness (QED) is 0.701. The number of carbonyl (C=O) groups excluding carboxylic acids is 1. The maximum absolute atomic E-state index is 13.0. The number of rotatable bonds is 6. The summed E-state index contributed by atoms with van der Waals surface area (Å²) in [6.07, 6.45) is -4.42. The number of halogens is 3. The topological polar surface area (TPSA) is 79.0 Å². The molecule has 1 saturated heterocycles. The van der Waals surface area contributed by atoms with Crippen molar-refractivity contribution in [1.29, 1.82) is 0 Å². The highest BCUT2D eigenvalue weighted by Crippen LogP contribution is 2.32. The molecular weight excluding hydrogens is 447 g/mol. The zero-order valence-electron chi connectivity index (χ0n) is 17.6. The number of benzene rings is 2. The van der Waals surface area contributed by atoms with Crippen LogP contribution >= 0.6 is 0 Å². The zero-order chi connectivity index (χ0) is 23.5. The van der Waals surface area contributed by atoms with Crippen molar-refractivity contribution < 1.29 is 31.1 Å². The highest BCUT2D eigenvalue weighted by atomic mass is 32.2. The van der Waals surface area contributed by atoms with E-state index in [-0.39, 0.29) is 41.7 Å². The van der Waals surface area contributed by atoms with E-state index in [0.717, 1.165) is 12.1 Å². The second-order valence-electron chi connectivity index (χ2n) is 7.19. The molecular formula is C21H24F3N3O4S. The molecule has 1 amide bonds. The van der Waals surface area contributed by atoms with Gasteiger partial charge in [0.1, 0.15) is 10.6 Å². The number of hydrogen-bond donors (Lipinski definition) is 1. The molecule has 1 aliphatic heterocycles. The van der Waals surface area contributed by atoms with Crippen molar-refractivity contribution in [3.05, 3.63) is 53.6 Å². The van der Waals surface area contributed by atoms with Gasteiger partial charge in [0.15, 0.2) is 0 Å². The van der Waals surface area contributed by atoms with E-state index in [1.54, 1.807) is 22.8 Å². The number of hydrogen-bond acceptors (Lipinski definition) is 5. The number of ether oxygens (including phenoxy) is 1. The second kappa shape index (κ2) is 9.37. The predicted molar refractivity (Wildman–Crippen MR) is 113 cm³/mol. The first-order chi connectivity index (χ1) is 15.1. The Morgan fingerprint density at radius 3 is 2.38 bits per heavy atom. The molecule has 7 nitrogen and oxygen atoms in total. The number of carbonyl (C=O) groups is 1. The number of methoxy groups -OCH3 is 1. The Morgan fingerprint density at radius 1 is 1.09 bits per heavy atom. The fraction of sp³-hybridized carbons (Fsp3) is 0.381. The van der Waals surface area contributed by atoms with Crippen LogP contribution in [-0.2, 0) is 16.2 Å². The van der Waals surface area contributed by atoms with E-state index < -0.39 is 21.8 Å². The lowest BCUT2D eigenvalue weighted by atomic mass is 10.1. The van der Waals surface area contributed by atoms with Crippen LogP contribution in [0.15, 0.2) is 47.4 Å². The molecule has 174 valence electrons. The molecule has 11 heteroatoms. The normalized spacial score (nSPS) is 15.0. The average molecular weight is 472 g/mol. The summed E-state index contributed by atoms with van der Waals surface area (Å²) in [5.74, 6) is -0.235. The van der Waals surface area contributed by atoms with Crippen LogP contribution in [0.1, 0.15) is 22.8 Å². The molecule has 0 bridgehead atoms. The standard InChI is InChI=1S/C21H24F3N3O4S/c1-3-25-32(29,30)19-13-15(7-8-18(19)31-2)20(28)27-11-9-26(10-12-27)17-6-4-5-16(14-17)21(22,23)24/h4-8,13-14,25H,3,9-12H2,1-2H3. The number of sulfonamides is 1. The number of nitrogens with zero attached hydrogens (tertiary/aromatic N) is 2. The number of piperazine rings is 1. The van der Waals surface area contributed by atoms with Crippen molar-refractivity contribution in [1.82, 2.24) is 9.62 Å². The zero-order valence-corrected chi connectivity index (χ0v) is 18.5. The average Bonchev–Trinajstić information content (AvgIpc) is 2.78. The summed E-state index contributed by atoms with van der Waals surface area (Å²) in [6.45, 7) is 3.11. The Labute approximate surface area is 184 Å². The molecule has 0 aromatic heterocycles. The molecule has 1 N–H and O–H groups in total. The first kappa shape index (κ1) is 23.9. The van der Waals surface area contributed by atoms with Crippen molar-refractivity contribution in [2.45, 2.75) is 18.0 Å². The third-order valence-electron chi connectivity index (χ3n) is 5.14. The van der Waals surface area contributed by atoms with Crippen LogP contribution in [0.3, 0.4) is 0 Å². The van der Waals surface area contributed by atoms with Crippen LogP contribution in [0.25, 0.3) is 0 Å². The Hall–Kier alpha value is -2.79. The van der Waals surface area contributed by atoms with Crippen molar-refractivity contribution in [2.24, 2.45) is 0 Å². The molecule has 1 fully saturated rings. The molecule has 2 aromatic carbocycles. The molecule has 2 aromatic rings. The Morgan fingerprint density at radius 2 is 1.78 bits per heavy atom. The lowest BCUT2D eigenvalue weighted by Crippen LogP contribution is -2.48. The van der Waals surface area contributed by atoms with Crippen molar-refractivity contribution in [2.75, 3.05) is 44.7 Å². The van der Waals surface area contributed by atoms with Gasteiger partial charge >= 0.3 is 6.18 Å².